The van der Waals surface area contributed by atoms with Crippen molar-refractivity contribution in [1.29, 1.82) is 0 Å². The molecule has 0 atom stereocenters. The van der Waals surface area contributed by atoms with E-state index in [1.165, 1.54) is 24.7 Å². The van der Waals surface area contributed by atoms with Crippen LogP contribution >= 0.6 is 0 Å². The number of aromatic nitrogens is 2. The largest absolute Gasteiger partial charge is 0.395 e. The van der Waals surface area contributed by atoms with Crippen molar-refractivity contribution in [3.8, 4) is 0 Å². The summed E-state index contributed by atoms with van der Waals surface area (Å²) in [5.41, 5.74) is 4.90. The van der Waals surface area contributed by atoms with Gasteiger partial charge in [0, 0.05) is 12.4 Å². The Morgan fingerprint density at radius 2 is 2.06 bits per heavy atom. The molecule has 0 aliphatic rings. The van der Waals surface area contributed by atoms with Gasteiger partial charge in [-0.15, -0.1) is 0 Å². The highest BCUT2D eigenvalue weighted by Gasteiger charge is 2.14. The van der Waals surface area contributed by atoms with Gasteiger partial charge in [-0.2, -0.15) is 0 Å². The first-order chi connectivity index (χ1) is 8.59. The fourth-order valence-electron chi connectivity index (χ4n) is 1.28. The van der Waals surface area contributed by atoms with E-state index >= 15 is 0 Å². The number of carbonyl (C=O) groups is 1. The van der Waals surface area contributed by atoms with Crippen molar-refractivity contribution in [2.75, 3.05) is 11.1 Å². The lowest BCUT2D eigenvalue weighted by Crippen LogP contribution is -2.15. The molecule has 2 rings (SSSR count). The van der Waals surface area contributed by atoms with Crippen LogP contribution < -0.4 is 11.1 Å². The molecule has 5 nitrogen and oxygen atoms in total. The number of amides is 1. The lowest BCUT2D eigenvalue weighted by atomic mass is 10.2. The SMILES string of the molecule is Nc1c(NC(=O)c2cnccn2)ccc(F)c1F. The monoisotopic (exact) mass is 250 g/mol. The number of nitrogen functional groups attached to an aromatic ring is 1. The second-order valence-corrected chi connectivity index (χ2v) is 3.37. The summed E-state index contributed by atoms with van der Waals surface area (Å²) >= 11 is 0. The topological polar surface area (TPSA) is 80.9 Å². The van der Waals surface area contributed by atoms with Gasteiger partial charge in [0.05, 0.1) is 17.6 Å². The molecule has 3 N–H and O–H groups in total. The molecule has 18 heavy (non-hydrogen) atoms. The molecule has 0 radical (unpaired) electrons. The molecule has 1 amide bonds. The molecular formula is C11H8F2N4O. The Bertz CT molecular complexity index is 589. The van der Waals surface area contributed by atoms with E-state index < -0.39 is 23.2 Å². The summed E-state index contributed by atoms with van der Waals surface area (Å²) in [6, 6.07) is 2.04. The first kappa shape index (κ1) is 11.9. The zero-order chi connectivity index (χ0) is 13.1. The van der Waals surface area contributed by atoms with Crippen molar-refractivity contribution in [1.82, 2.24) is 9.97 Å². The minimum absolute atomic E-state index is 0.0236. The summed E-state index contributed by atoms with van der Waals surface area (Å²) in [5.74, 6) is -2.89. The van der Waals surface area contributed by atoms with Crippen LogP contribution in [0.15, 0.2) is 30.7 Å². The quantitative estimate of drug-likeness (QED) is 0.793. The second kappa shape index (κ2) is 4.74. The van der Waals surface area contributed by atoms with Gasteiger partial charge in [0.15, 0.2) is 11.6 Å². The Morgan fingerprint density at radius 3 is 2.72 bits per heavy atom. The smallest absolute Gasteiger partial charge is 0.275 e. The number of nitrogens with two attached hydrogens (primary N) is 1. The van der Waals surface area contributed by atoms with Gasteiger partial charge in [0.2, 0.25) is 0 Å². The van der Waals surface area contributed by atoms with Gasteiger partial charge in [-0.25, -0.2) is 13.8 Å². The average Bonchev–Trinajstić information content (AvgIpc) is 2.40. The number of nitrogens with one attached hydrogen (secondary N) is 1. The van der Waals surface area contributed by atoms with Crippen LogP contribution in [-0.4, -0.2) is 15.9 Å². The Hall–Kier alpha value is -2.57. The van der Waals surface area contributed by atoms with Crippen molar-refractivity contribution in [3.05, 3.63) is 48.1 Å². The fourth-order valence-corrected chi connectivity index (χ4v) is 1.28. The zero-order valence-electron chi connectivity index (χ0n) is 9.02. The molecule has 0 spiro atoms. The van der Waals surface area contributed by atoms with Crippen molar-refractivity contribution in [3.63, 3.8) is 0 Å². The van der Waals surface area contributed by atoms with Crippen molar-refractivity contribution < 1.29 is 13.6 Å². The molecule has 0 aliphatic heterocycles. The van der Waals surface area contributed by atoms with E-state index in [0.29, 0.717) is 0 Å². The molecule has 0 aliphatic carbocycles. The number of hydrogen-bond acceptors (Lipinski definition) is 4. The fraction of sp³-hybridized carbons (Fsp3) is 0. The van der Waals surface area contributed by atoms with Crippen LogP contribution in [0.3, 0.4) is 0 Å². The predicted molar refractivity (Wildman–Crippen MR) is 60.8 cm³/mol. The van der Waals surface area contributed by atoms with E-state index in [1.807, 2.05) is 0 Å². The lowest BCUT2D eigenvalue weighted by Gasteiger charge is -2.08. The summed E-state index contributed by atoms with van der Waals surface area (Å²) in [5, 5.41) is 2.32. The Balaban J connectivity index is 2.26. The summed E-state index contributed by atoms with van der Waals surface area (Å²) in [6.45, 7) is 0. The van der Waals surface area contributed by atoms with E-state index in [1.54, 1.807) is 0 Å². The number of benzene rings is 1. The third-order valence-electron chi connectivity index (χ3n) is 2.18. The molecule has 0 fully saturated rings. The van der Waals surface area contributed by atoms with E-state index in [9.17, 15) is 13.6 Å². The highest BCUT2D eigenvalue weighted by atomic mass is 19.2. The molecule has 1 aromatic carbocycles. The van der Waals surface area contributed by atoms with Gasteiger partial charge in [-0.05, 0) is 12.1 Å². The Labute approximate surface area is 101 Å². The van der Waals surface area contributed by atoms with Gasteiger partial charge in [-0.3, -0.25) is 9.78 Å². The van der Waals surface area contributed by atoms with E-state index in [4.69, 9.17) is 5.73 Å². The zero-order valence-corrected chi connectivity index (χ0v) is 9.02. The van der Waals surface area contributed by atoms with Gasteiger partial charge in [0.25, 0.3) is 5.91 Å². The number of hydrogen-bond donors (Lipinski definition) is 2. The third kappa shape index (κ3) is 2.24. The Morgan fingerprint density at radius 1 is 1.28 bits per heavy atom. The van der Waals surface area contributed by atoms with Crippen LogP contribution in [0.1, 0.15) is 10.5 Å². The average molecular weight is 250 g/mol. The van der Waals surface area contributed by atoms with Gasteiger partial charge < -0.3 is 11.1 Å². The molecule has 0 saturated heterocycles. The number of rotatable bonds is 2. The number of nitrogens with zero attached hydrogens (tertiary/aromatic N) is 2. The minimum Gasteiger partial charge on any atom is -0.395 e. The van der Waals surface area contributed by atoms with Crippen LogP contribution in [0.4, 0.5) is 20.2 Å². The molecule has 0 saturated carbocycles. The molecule has 0 unspecified atom stereocenters. The van der Waals surface area contributed by atoms with Crippen molar-refractivity contribution in [2.24, 2.45) is 0 Å². The van der Waals surface area contributed by atoms with Crippen molar-refractivity contribution >= 4 is 17.3 Å². The van der Waals surface area contributed by atoms with Gasteiger partial charge in [-0.1, -0.05) is 0 Å². The first-order valence-corrected chi connectivity index (χ1v) is 4.90. The number of halogens is 2. The van der Waals surface area contributed by atoms with Crippen LogP contribution in [0.25, 0.3) is 0 Å². The van der Waals surface area contributed by atoms with E-state index in [-0.39, 0.29) is 11.4 Å². The highest BCUT2D eigenvalue weighted by Crippen LogP contribution is 2.24. The van der Waals surface area contributed by atoms with Crippen LogP contribution in [0.5, 0.6) is 0 Å². The van der Waals surface area contributed by atoms with E-state index in [0.717, 1.165) is 6.07 Å². The summed E-state index contributed by atoms with van der Waals surface area (Å²) < 4.78 is 26.0. The number of anilines is 2. The van der Waals surface area contributed by atoms with Crippen LogP contribution in [0, 0.1) is 11.6 Å². The Kier molecular flexibility index (Phi) is 3.13. The molecule has 2 aromatic rings. The molecule has 1 heterocycles. The highest BCUT2D eigenvalue weighted by molar-refractivity contribution is 6.04. The maximum Gasteiger partial charge on any atom is 0.275 e. The summed E-state index contributed by atoms with van der Waals surface area (Å²) in [6.07, 6.45) is 3.98. The third-order valence-corrected chi connectivity index (χ3v) is 2.18. The van der Waals surface area contributed by atoms with Gasteiger partial charge >= 0.3 is 0 Å². The molecule has 1 aromatic heterocycles. The van der Waals surface area contributed by atoms with Gasteiger partial charge in [0.1, 0.15) is 5.69 Å². The maximum absolute atomic E-state index is 13.2. The normalized spacial score (nSPS) is 10.1. The van der Waals surface area contributed by atoms with Crippen LogP contribution in [0.2, 0.25) is 0 Å². The summed E-state index contributed by atoms with van der Waals surface area (Å²) in [7, 11) is 0. The minimum atomic E-state index is -1.20. The molecule has 92 valence electrons. The van der Waals surface area contributed by atoms with Crippen LogP contribution in [-0.2, 0) is 0 Å². The summed E-state index contributed by atoms with van der Waals surface area (Å²) in [4.78, 5) is 19.2. The van der Waals surface area contributed by atoms with E-state index in [2.05, 4.69) is 15.3 Å². The molecular weight excluding hydrogens is 242 g/mol. The standard InChI is InChI=1S/C11H8F2N4O/c12-6-1-2-7(10(14)9(6)13)17-11(18)8-5-15-3-4-16-8/h1-5H,14H2,(H,17,18). The first-order valence-electron chi connectivity index (χ1n) is 4.90. The predicted octanol–water partition coefficient (Wildman–Crippen LogP) is 1.59. The van der Waals surface area contributed by atoms with Crippen molar-refractivity contribution in [2.45, 2.75) is 0 Å². The maximum atomic E-state index is 13.2. The number of carbonyl (C=O) groups excluding carboxylic acids is 1. The lowest BCUT2D eigenvalue weighted by molar-refractivity contribution is 0.102. The molecule has 0 bridgehead atoms. The second-order valence-electron chi connectivity index (χ2n) is 3.37. The molecule has 7 heteroatoms.